The number of hydrogen-bond donors (Lipinski definition) is 0. The van der Waals surface area contributed by atoms with Crippen LogP contribution in [0.3, 0.4) is 0 Å². The van der Waals surface area contributed by atoms with E-state index >= 15 is 0 Å². The molecule has 1 unspecified atom stereocenters. The highest BCUT2D eigenvalue weighted by molar-refractivity contribution is 4.74. The summed E-state index contributed by atoms with van der Waals surface area (Å²) in [4.78, 5) is 0. The molecule has 0 spiro atoms. The van der Waals surface area contributed by atoms with Gasteiger partial charge in [0.05, 0.1) is 0 Å². The first-order valence-electron chi connectivity index (χ1n) is 4.01. The summed E-state index contributed by atoms with van der Waals surface area (Å²) >= 11 is 0. The molecule has 0 aromatic carbocycles. The molecule has 0 amide bonds. The molecule has 0 radical (unpaired) electrons. The van der Waals surface area contributed by atoms with Crippen LogP contribution < -0.4 is 0 Å². The van der Waals surface area contributed by atoms with E-state index in [2.05, 4.69) is 0 Å². The van der Waals surface area contributed by atoms with Crippen LogP contribution in [0.5, 0.6) is 0 Å². The van der Waals surface area contributed by atoms with Gasteiger partial charge in [0.2, 0.25) is 0 Å². The van der Waals surface area contributed by atoms with Crippen molar-refractivity contribution < 1.29 is 18.9 Å². The summed E-state index contributed by atoms with van der Waals surface area (Å²) in [6.07, 6.45) is 1.50. The molecule has 0 saturated carbocycles. The van der Waals surface area contributed by atoms with Gasteiger partial charge in [0, 0.05) is 34.2 Å². The van der Waals surface area contributed by atoms with Gasteiger partial charge in [-0.05, 0) is 0 Å². The Kier molecular flexibility index (Phi) is 3.46. The molecular formula is C8H16O4. The van der Waals surface area contributed by atoms with Crippen molar-refractivity contribution >= 4 is 0 Å². The molecular weight excluding hydrogens is 160 g/mol. The highest BCUT2D eigenvalue weighted by atomic mass is 16.7. The summed E-state index contributed by atoms with van der Waals surface area (Å²) < 4.78 is 20.8. The van der Waals surface area contributed by atoms with Crippen LogP contribution in [0.4, 0.5) is 0 Å². The van der Waals surface area contributed by atoms with Gasteiger partial charge in [0.1, 0.15) is 6.61 Å². The largest absolute Gasteiger partial charge is 0.356 e. The van der Waals surface area contributed by atoms with Crippen LogP contribution in [0, 0.1) is 0 Å². The fraction of sp³-hybridized carbons (Fsp3) is 1.00. The Morgan fingerprint density at radius 1 is 1.25 bits per heavy atom. The monoisotopic (exact) mass is 176 g/mol. The summed E-state index contributed by atoms with van der Waals surface area (Å²) in [6.45, 7) is 0.429. The topological polar surface area (TPSA) is 36.9 Å². The van der Waals surface area contributed by atoms with Crippen molar-refractivity contribution in [3.05, 3.63) is 0 Å². The van der Waals surface area contributed by atoms with Crippen LogP contribution in [0.25, 0.3) is 0 Å². The van der Waals surface area contributed by atoms with Crippen LogP contribution in [-0.4, -0.2) is 40.0 Å². The summed E-state index contributed by atoms with van der Waals surface area (Å²) in [7, 11) is 4.89. The average molecular weight is 176 g/mol. The molecule has 4 heteroatoms. The van der Waals surface area contributed by atoms with Crippen LogP contribution in [0.15, 0.2) is 0 Å². The minimum Gasteiger partial charge on any atom is -0.356 e. The third kappa shape index (κ3) is 1.95. The van der Waals surface area contributed by atoms with E-state index in [1.54, 1.807) is 21.3 Å². The minimum absolute atomic E-state index is 0.108. The Balaban J connectivity index is 2.42. The van der Waals surface area contributed by atoms with Crippen molar-refractivity contribution in [2.75, 3.05) is 27.9 Å². The third-order valence-electron chi connectivity index (χ3n) is 2.26. The Morgan fingerprint density at radius 3 is 2.25 bits per heavy atom. The van der Waals surface area contributed by atoms with Gasteiger partial charge < -0.3 is 18.9 Å². The zero-order chi connectivity index (χ0) is 9.03. The molecule has 0 aromatic heterocycles. The van der Waals surface area contributed by atoms with Gasteiger partial charge in [-0.2, -0.15) is 0 Å². The van der Waals surface area contributed by atoms with Gasteiger partial charge in [-0.25, -0.2) is 0 Å². The first kappa shape index (κ1) is 9.92. The number of methoxy groups -OCH3 is 3. The quantitative estimate of drug-likeness (QED) is 0.595. The zero-order valence-corrected chi connectivity index (χ0v) is 7.83. The van der Waals surface area contributed by atoms with Gasteiger partial charge in [0.25, 0.3) is 0 Å². The smallest absolute Gasteiger partial charge is 0.191 e. The molecule has 0 aliphatic carbocycles. The average Bonchev–Trinajstić information content (AvgIpc) is 2.18. The number of rotatable bonds is 3. The maximum Gasteiger partial charge on any atom is 0.191 e. The maximum absolute atomic E-state index is 5.35. The lowest BCUT2D eigenvalue weighted by Crippen LogP contribution is -2.45. The molecule has 1 aliphatic heterocycles. The van der Waals surface area contributed by atoms with E-state index < -0.39 is 5.79 Å². The van der Waals surface area contributed by atoms with E-state index in [4.69, 9.17) is 18.9 Å². The van der Waals surface area contributed by atoms with Gasteiger partial charge >= 0.3 is 0 Å². The summed E-state index contributed by atoms with van der Waals surface area (Å²) in [5.74, 6) is -0.560. The molecule has 4 nitrogen and oxygen atoms in total. The molecule has 1 heterocycles. The van der Waals surface area contributed by atoms with E-state index in [1.807, 2.05) is 0 Å². The third-order valence-corrected chi connectivity index (χ3v) is 2.26. The predicted molar refractivity (Wildman–Crippen MR) is 42.7 cm³/mol. The van der Waals surface area contributed by atoms with E-state index in [1.165, 1.54) is 0 Å². The number of hydrogen-bond acceptors (Lipinski definition) is 4. The highest BCUT2D eigenvalue weighted by Crippen LogP contribution is 2.26. The Hall–Kier alpha value is -0.160. The molecule has 1 fully saturated rings. The van der Waals surface area contributed by atoms with Crippen LogP contribution in [0.1, 0.15) is 12.8 Å². The summed E-state index contributed by atoms with van der Waals surface area (Å²) in [5, 5.41) is 0. The SMILES string of the molecule is COC1CCC(OC)(OC)CO1. The van der Waals surface area contributed by atoms with Gasteiger partial charge in [-0.15, -0.1) is 0 Å². The minimum atomic E-state index is -0.560. The van der Waals surface area contributed by atoms with Gasteiger partial charge in [0.15, 0.2) is 12.1 Å². The van der Waals surface area contributed by atoms with E-state index in [9.17, 15) is 0 Å². The molecule has 0 aromatic rings. The molecule has 1 rings (SSSR count). The molecule has 0 bridgehead atoms. The Morgan fingerprint density at radius 2 is 1.92 bits per heavy atom. The van der Waals surface area contributed by atoms with Crippen molar-refractivity contribution in [2.45, 2.75) is 24.9 Å². The number of ether oxygens (including phenoxy) is 4. The van der Waals surface area contributed by atoms with Crippen molar-refractivity contribution in [3.8, 4) is 0 Å². The lowest BCUT2D eigenvalue weighted by Gasteiger charge is -2.36. The Labute approximate surface area is 72.7 Å². The van der Waals surface area contributed by atoms with Crippen LogP contribution in [0.2, 0.25) is 0 Å². The fourth-order valence-electron chi connectivity index (χ4n) is 1.30. The molecule has 1 aliphatic rings. The van der Waals surface area contributed by atoms with Crippen LogP contribution in [-0.2, 0) is 18.9 Å². The zero-order valence-electron chi connectivity index (χ0n) is 7.83. The van der Waals surface area contributed by atoms with Crippen molar-refractivity contribution in [2.24, 2.45) is 0 Å². The van der Waals surface area contributed by atoms with Gasteiger partial charge in [-0.3, -0.25) is 0 Å². The molecule has 1 saturated heterocycles. The summed E-state index contributed by atoms with van der Waals surface area (Å²) in [6, 6.07) is 0. The van der Waals surface area contributed by atoms with Crippen LogP contribution >= 0.6 is 0 Å². The van der Waals surface area contributed by atoms with Crippen molar-refractivity contribution in [1.29, 1.82) is 0 Å². The normalized spacial score (nSPS) is 28.8. The van der Waals surface area contributed by atoms with Crippen molar-refractivity contribution in [1.82, 2.24) is 0 Å². The van der Waals surface area contributed by atoms with Crippen molar-refractivity contribution in [3.63, 3.8) is 0 Å². The lowest BCUT2D eigenvalue weighted by atomic mass is 10.1. The molecule has 12 heavy (non-hydrogen) atoms. The first-order valence-corrected chi connectivity index (χ1v) is 4.01. The second kappa shape index (κ2) is 4.18. The Bertz CT molecular complexity index is 123. The second-order valence-corrected chi connectivity index (χ2v) is 2.83. The first-order chi connectivity index (χ1) is 5.76. The van der Waals surface area contributed by atoms with E-state index in [0.29, 0.717) is 6.61 Å². The standard InChI is InChI=1S/C8H16O4/c1-9-7-4-5-8(10-2,11-3)6-12-7/h7H,4-6H2,1-3H3. The molecule has 1 atom stereocenters. The van der Waals surface area contributed by atoms with E-state index in [0.717, 1.165) is 12.8 Å². The highest BCUT2D eigenvalue weighted by Gasteiger charge is 2.36. The molecule has 72 valence electrons. The van der Waals surface area contributed by atoms with Gasteiger partial charge in [-0.1, -0.05) is 0 Å². The predicted octanol–water partition coefficient (Wildman–Crippen LogP) is 0.758. The maximum atomic E-state index is 5.35. The lowest BCUT2D eigenvalue weighted by molar-refractivity contribution is -0.296. The second-order valence-electron chi connectivity index (χ2n) is 2.83. The summed E-state index contributed by atoms with van der Waals surface area (Å²) in [5.41, 5.74) is 0. The molecule has 0 N–H and O–H groups in total. The fourth-order valence-corrected chi connectivity index (χ4v) is 1.30. The van der Waals surface area contributed by atoms with E-state index in [-0.39, 0.29) is 6.29 Å².